The van der Waals surface area contributed by atoms with Crippen molar-refractivity contribution in [3.8, 4) is 5.75 Å². The Kier molecular flexibility index (Phi) is 5.29. The number of aryl methyl sites for hydroxylation is 1. The van der Waals surface area contributed by atoms with E-state index in [4.69, 9.17) is 9.47 Å². The lowest BCUT2D eigenvalue weighted by atomic mass is 10.1. The van der Waals surface area contributed by atoms with Gasteiger partial charge in [-0.2, -0.15) is 0 Å². The highest BCUT2D eigenvalue weighted by atomic mass is 32.2. The first-order valence-corrected chi connectivity index (χ1v) is 9.80. The minimum atomic E-state index is -3.75. The quantitative estimate of drug-likeness (QED) is 0.753. The van der Waals surface area contributed by atoms with E-state index in [0.717, 1.165) is 24.0 Å². The molecule has 2 aromatic rings. The van der Waals surface area contributed by atoms with Gasteiger partial charge in [0.05, 0.1) is 12.7 Å². The monoisotopic (exact) mass is 375 g/mol. The average molecular weight is 375 g/mol. The summed E-state index contributed by atoms with van der Waals surface area (Å²) < 4.78 is 38.1. The Hall–Kier alpha value is -2.38. The molecule has 0 bridgehead atoms. The van der Waals surface area contributed by atoms with Crippen LogP contribution in [0.3, 0.4) is 0 Å². The van der Waals surface area contributed by atoms with Gasteiger partial charge in [0, 0.05) is 6.04 Å². The number of nitrogens with one attached hydrogen (secondary N) is 1. The second-order valence-corrected chi connectivity index (χ2v) is 8.01. The molecule has 6 nitrogen and oxygen atoms in total. The van der Waals surface area contributed by atoms with Crippen LogP contribution in [0.25, 0.3) is 0 Å². The Morgan fingerprint density at radius 2 is 1.96 bits per heavy atom. The van der Waals surface area contributed by atoms with Crippen molar-refractivity contribution >= 4 is 16.0 Å². The lowest BCUT2D eigenvalue weighted by Gasteiger charge is -2.12. The maximum absolute atomic E-state index is 12.5. The van der Waals surface area contributed by atoms with E-state index in [-0.39, 0.29) is 28.9 Å². The molecule has 2 aromatic carbocycles. The molecule has 0 spiro atoms. The van der Waals surface area contributed by atoms with Crippen LogP contribution in [0.1, 0.15) is 34.3 Å². The van der Waals surface area contributed by atoms with Crippen LogP contribution in [-0.4, -0.2) is 27.5 Å². The van der Waals surface area contributed by atoms with Gasteiger partial charge in [-0.05, 0) is 43.5 Å². The zero-order valence-electron chi connectivity index (χ0n) is 14.7. The van der Waals surface area contributed by atoms with Crippen LogP contribution in [0.5, 0.6) is 5.75 Å². The van der Waals surface area contributed by atoms with Crippen LogP contribution < -0.4 is 9.46 Å². The molecule has 0 saturated heterocycles. The van der Waals surface area contributed by atoms with Crippen molar-refractivity contribution in [1.82, 2.24) is 4.72 Å². The number of esters is 1. The predicted octanol–water partition coefficient (Wildman–Crippen LogP) is 2.80. The molecule has 26 heavy (non-hydrogen) atoms. The highest BCUT2D eigenvalue weighted by molar-refractivity contribution is 7.89. The summed E-state index contributed by atoms with van der Waals surface area (Å²) in [5.41, 5.74) is 2.10. The first-order valence-electron chi connectivity index (χ1n) is 8.32. The normalized spacial score (nSPS) is 14.1. The summed E-state index contributed by atoms with van der Waals surface area (Å²) in [6, 6.07) is 11.8. The zero-order chi connectivity index (χ0) is 18.7. The lowest BCUT2D eigenvalue weighted by Crippen LogP contribution is -2.26. The van der Waals surface area contributed by atoms with Crippen LogP contribution in [0, 0.1) is 6.92 Å². The van der Waals surface area contributed by atoms with E-state index in [0.29, 0.717) is 0 Å². The van der Waals surface area contributed by atoms with Crippen molar-refractivity contribution in [1.29, 1.82) is 0 Å². The minimum absolute atomic E-state index is 0.0402. The summed E-state index contributed by atoms with van der Waals surface area (Å²) in [5, 5.41) is 0. The predicted molar refractivity (Wildman–Crippen MR) is 96.6 cm³/mol. The Labute approximate surface area is 153 Å². The third-order valence-electron chi connectivity index (χ3n) is 4.04. The molecule has 3 rings (SSSR count). The summed E-state index contributed by atoms with van der Waals surface area (Å²) >= 11 is 0. The maximum atomic E-state index is 12.5. The van der Waals surface area contributed by atoms with E-state index >= 15 is 0 Å². The van der Waals surface area contributed by atoms with Crippen molar-refractivity contribution < 1.29 is 22.7 Å². The Morgan fingerprint density at radius 3 is 2.62 bits per heavy atom. The van der Waals surface area contributed by atoms with Gasteiger partial charge in [-0.15, -0.1) is 0 Å². The summed E-state index contributed by atoms with van der Waals surface area (Å²) in [4.78, 5) is 12.3. The summed E-state index contributed by atoms with van der Waals surface area (Å²) in [7, 11) is -2.36. The molecule has 138 valence electrons. The number of benzene rings is 2. The van der Waals surface area contributed by atoms with Gasteiger partial charge in [-0.3, -0.25) is 0 Å². The summed E-state index contributed by atoms with van der Waals surface area (Å²) in [6.07, 6.45) is 1.64. The van der Waals surface area contributed by atoms with E-state index in [1.54, 1.807) is 0 Å². The van der Waals surface area contributed by atoms with Crippen LogP contribution >= 0.6 is 0 Å². The average Bonchev–Trinajstić information content (AvgIpc) is 3.42. The Morgan fingerprint density at radius 1 is 1.19 bits per heavy atom. The van der Waals surface area contributed by atoms with E-state index in [9.17, 15) is 13.2 Å². The molecule has 1 N–H and O–H groups in total. The van der Waals surface area contributed by atoms with E-state index < -0.39 is 16.0 Å². The number of ether oxygens (including phenoxy) is 2. The van der Waals surface area contributed by atoms with Crippen molar-refractivity contribution in [3.63, 3.8) is 0 Å². The van der Waals surface area contributed by atoms with Crippen molar-refractivity contribution in [2.75, 3.05) is 7.11 Å². The number of hydrogen-bond donors (Lipinski definition) is 1. The molecule has 0 radical (unpaired) electrons. The molecule has 0 unspecified atom stereocenters. The van der Waals surface area contributed by atoms with Gasteiger partial charge in [0.25, 0.3) is 0 Å². The van der Waals surface area contributed by atoms with Gasteiger partial charge >= 0.3 is 5.97 Å². The third-order valence-corrected chi connectivity index (χ3v) is 5.58. The second-order valence-electron chi connectivity index (χ2n) is 6.33. The van der Waals surface area contributed by atoms with Crippen LogP contribution in [-0.2, 0) is 21.4 Å². The smallest absolute Gasteiger partial charge is 0.338 e. The molecule has 0 atom stereocenters. The van der Waals surface area contributed by atoms with Gasteiger partial charge in [0.2, 0.25) is 10.0 Å². The topological polar surface area (TPSA) is 81.7 Å². The van der Waals surface area contributed by atoms with Crippen LogP contribution in [0.2, 0.25) is 0 Å². The fourth-order valence-electron chi connectivity index (χ4n) is 2.53. The van der Waals surface area contributed by atoms with E-state index in [1.165, 1.54) is 25.3 Å². The van der Waals surface area contributed by atoms with Gasteiger partial charge in [-0.1, -0.05) is 29.8 Å². The number of carbonyl (C=O) groups excluding carboxylic acids is 1. The fourth-order valence-corrected chi connectivity index (χ4v) is 4.03. The molecule has 1 aliphatic carbocycles. The highest BCUT2D eigenvalue weighted by Gasteiger charge is 2.30. The molecule has 0 aromatic heterocycles. The number of sulfonamides is 1. The van der Waals surface area contributed by atoms with Gasteiger partial charge in [-0.25, -0.2) is 17.9 Å². The first-order chi connectivity index (χ1) is 12.4. The standard InChI is InChI=1S/C19H21NO5S/c1-13-4-3-5-14(10-13)12-25-19(21)15-6-9-17(24-2)18(11-15)26(22,23)20-16-7-8-16/h3-6,9-11,16,20H,7-8,12H2,1-2H3. The molecule has 1 fully saturated rings. The molecule has 1 aliphatic rings. The van der Waals surface area contributed by atoms with Crippen LogP contribution in [0.4, 0.5) is 0 Å². The Bertz CT molecular complexity index is 919. The lowest BCUT2D eigenvalue weighted by molar-refractivity contribution is 0.0472. The maximum Gasteiger partial charge on any atom is 0.338 e. The summed E-state index contributed by atoms with van der Waals surface area (Å²) in [6.45, 7) is 2.08. The largest absolute Gasteiger partial charge is 0.495 e. The van der Waals surface area contributed by atoms with Crippen molar-refractivity contribution in [2.45, 2.75) is 37.3 Å². The number of rotatable bonds is 7. The molecule has 1 saturated carbocycles. The van der Waals surface area contributed by atoms with Crippen molar-refractivity contribution in [3.05, 3.63) is 59.2 Å². The third kappa shape index (κ3) is 4.42. The molecule has 0 amide bonds. The van der Waals surface area contributed by atoms with Gasteiger partial charge < -0.3 is 9.47 Å². The molecular weight excluding hydrogens is 354 g/mol. The SMILES string of the molecule is COc1ccc(C(=O)OCc2cccc(C)c2)cc1S(=O)(=O)NC1CC1. The number of methoxy groups -OCH3 is 1. The van der Waals surface area contributed by atoms with Crippen LogP contribution in [0.15, 0.2) is 47.4 Å². The zero-order valence-corrected chi connectivity index (χ0v) is 15.5. The number of hydrogen-bond acceptors (Lipinski definition) is 5. The minimum Gasteiger partial charge on any atom is -0.495 e. The molecule has 0 aliphatic heterocycles. The first kappa shape index (κ1) is 18.4. The van der Waals surface area contributed by atoms with E-state index in [2.05, 4.69) is 4.72 Å². The molecule has 0 heterocycles. The molecular formula is C19H21NO5S. The highest BCUT2D eigenvalue weighted by Crippen LogP contribution is 2.28. The van der Waals surface area contributed by atoms with Gasteiger partial charge in [0.15, 0.2) is 0 Å². The number of carbonyl (C=O) groups is 1. The second kappa shape index (κ2) is 7.47. The Balaban J connectivity index is 1.79. The van der Waals surface area contributed by atoms with E-state index in [1.807, 2.05) is 31.2 Å². The van der Waals surface area contributed by atoms with Gasteiger partial charge in [0.1, 0.15) is 17.3 Å². The fraction of sp³-hybridized carbons (Fsp3) is 0.316. The molecule has 7 heteroatoms. The van der Waals surface area contributed by atoms with Crippen molar-refractivity contribution in [2.24, 2.45) is 0 Å². The summed E-state index contributed by atoms with van der Waals surface area (Å²) in [5.74, 6) is -0.398.